The highest BCUT2D eigenvalue weighted by Crippen LogP contribution is 2.24. The summed E-state index contributed by atoms with van der Waals surface area (Å²) < 4.78 is 28.2. The van der Waals surface area contributed by atoms with Gasteiger partial charge >= 0.3 is 0 Å². The van der Waals surface area contributed by atoms with Crippen LogP contribution in [-0.4, -0.2) is 62.1 Å². The van der Waals surface area contributed by atoms with Gasteiger partial charge in [-0.2, -0.15) is 0 Å². The molecule has 2 saturated heterocycles. The van der Waals surface area contributed by atoms with E-state index in [0.29, 0.717) is 26.0 Å². The summed E-state index contributed by atoms with van der Waals surface area (Å²) in [6, 6.07) is -0.228. The summed E-state index contributed by atoms with van der Waals surface area (Å²) in [6.45, 7) is 3.05. The Morgan fingerprint density at radius 3 is 2.72 bits per heavy atom. The molecular formula is C11H20N2O4S. The minimum atomic E-state index is -2.99. The van der Waals surface area contributed by atoms with Gasteiger partial charge in [0, 0.05) is 19.2 Å². The first-order valence-corrected chi connectivity index (χ1v) is 8.08. The summed E-state index contributed by atoms with van der Waals surface area (Å²) in [5, 5.41) is 0. The van der Waals surface area contributed by atoms with Crippen molar-refractivity contribution in [2.75, 3.05) is 31.3 Å². The molecule has 2 rings (SSSR count). The predicted molar refractivity (Wildman–Crippen MR) is 66.8 cm³/mol. The molecule has 2 heterocycles. The van der Waals surface area contributed by atoms with E-state index in [1.165, 1.54) is 0 Å². The van der Waals surface area contributed by atoms with Crippen molar-refractivity contribution in [2.24, 2.45) is 5.73 Å². The van der Waals surface area contributed by atoms with Gasteiger partial charge in [-0.25, -0.2) is 8.42 Å². The summed E-state index contributed by atoms with van der Waals surface area (Å²) in [5.74, 6) is 0.0450. The first-order chi connectivity index (χ1) is 8.38. The zero-order chi connectivity index (χ0) is 13.4. The number of ether oxygens (including phenoxy) is 1. The molecule has 0 radical (unpaired) electrons. The molecule has 2 atom stereocenters. The molecule has 2 N–H and O–H groups in total. The number of amides is 1. The van der Waals surface area contributed by atoms with Gasteiger partial charge in [0.1, 0.15) is 5.54 Å². The van der Waals surface area contributed by atoms with Crippen LogP contribution in [-0.2, 0) is 19.4 Å². The van der Waals surface area contributed by atoms with E-state index in [-0.39, 0.29) is 30.1 Å². The second-order valence-electron chi connectivity index (χ2n) is 5.11. The fourth-order valence-electron chi connectivity index (χ4n) is 2.62. The van der Waals surface area contributed by atoms with Crippen LogP contribution >= 0.6 is 0 Å². The van der Waals surface area contributed by atoms with Crippen molar-refractivity contribution in [3.8, 4) is 0 Å². The van der Waals surface area contributed by atoms with E-state index >= 15 is 0 Å². The van der Waals surface area contributed by atoms with Crippen molar-refractivity contribution in [1.29, 1.82) is 0 Å². The number of likely N-dealkylation sites (N-methyl/N-ethyl adjacent to an activating group) is 1. The second kappa shape index (κ2) is 4.79. The van der Waals surface area contributed by atoms with Crippen LogP contribution in [0, 0.1) is 0 Å². The number of carbonyl (C=O) groups excluding carboxylic acids is 1. The van der Waals surface area contributed by atoms with Gasteiger partial charge in [-0.15, -0.1) is 0 Å². The fourth-order valence-corrected chi connectivity index (χ4v) is 4.35. The van der Waals surface area contributed by atoms with E-state index in [0.717, 1.165) is 0 Å². The molecule has 2 unspecified atom stereocenters. The van der Waals surface area contributed by atoms with Crippen molar-refractivity contribution in [3.05, 3.63) is 0 Å². The quantitative estimate of drug-likeness (QED) is 0.724. The third-order valence-electron chi connectivity index (χ3n) is 3.73. The number of nitrogens with two attached hydrogens (primary N) is 1. The Morgan fingerprint density at radius 1 is 1.56 bits per heavy atom. The highest BCUT2D eigenvalue weighted by molar-refractivity contribution is 7.91. The van der Waals surface area contributed by atoms with E-state index in [4.69, 9.17) is 10.5 Å². The molecule has 0 spiro atoms. The topological polar surface area (TPSA) is 89.7 Å². The lowest BCUT2D eigenvalue weighted by molar-refractivity contribution is -0.138. The highest BCUT2D eigenvalue weighted by atomic mass is 32.2. The lowest BCUT2D eigenvalue weighted by Crippen LogP contribution is -2.58. The average Bonchev–Trinajstić information content (AvgIpc) is 2.87. The van der Waals surface area contributed by atoms with Crippen molar-refractivity contribution < 1.29 is 17.9 Å². The Labute approximate surface area is 107 Å². The number of hydrogen-bond donors (Lipinski definition) is 1. The molecule has 1 amide bonds. The molecule has 0 saturated carbocycles. The van der Waals surface area contributed by atoms with E-state index < -0.39 is 15.4 Å². The zero-order valence-corrected chi connectivity index (χ0v) is 11.4. The van der Waals surface area contributed by atoms with Gasteiger partial charge in [-0.05, 0) is 19.8 Å². The third-order valence-corrected chi connectivity index (χ3v) is 5.48. The Hall–Kier alpha value is -0.660. The zero-order valence-electron chi connectivity index (χ0n) is 10.6. The normalized spacial score (nSPS) is 34.7. The van der Waals surface area contributed by atoms with Crippen LogP contribution in [0.25, 0.3) is 0 Å². The van der Waals surface area contributed by atoms with Crippen LogP contribution in [0.5, 0.6) is 0 Å². The van der Waals surface area contributed by atoms with Gasteiger partial charge in [0.05, 0.1) is 18.1 Å². The standard InChI is InChI=1S/C11H20N2O4S/c1-2-13(9-3-6-18(15,16)7-9)10(14)11(12)4-5-17-8-11/h9H,2-8,12H2,1H3. The SMILES string of the molecule is CCN(C(=O)C1(N)CCOC1)C1CCS(=O)(=O)C1. The summed E-state index contributed by atoms with van der Waals surface area (Å²) in [4.78, 5) is 14.0. The van der Waals surface area contributed by atoms with Crippen LogP contribution in [0.3, 0.4) is 0 Å². The molecule has 0 aromatic rings. The molecule has 0 aromatic heterocycles. The van der Waals surface area contributed by atoms with Gasteiger partial charge in [0.2, 0.25) is 5.91 Å². The van der Waals surface area contributed by atoms with E-state index in [1.807, 2.05) is 6.92 Å². The van der Waals surface area contributed by atoms with E-state index in [2.05, 4.69) is 0 Å². The van der Waals surface area contributed by atoms with E-state index in [1.54, 1.807) is 4.90 Å². The van der Waals surface area contributed by atoms with Crippen molar-refractivity contribution in [2.45, 2.75) is 31.3 Å². The maximum Gasteiger partial charge on any atom is 0.245 e. The number of hydrogen-bond acceptors (Lipinski definition) is 5. The first-order valence-electron chi connectivity index (χ1n) is 6.26. The van der Waals surface area contributed by atoms with Crippen molar-refractivity contribution in [3.63, 3.8) is 0 Å². The second-order valence-corrected chi connectivity index (χ2v) is 7.34. The highest BCUT2D eigenvalue weighted by Gasteiger charge is 2.44. The van der Waals surface area contributed by atoms with Crippen LogP contribution < -0.4 is 5.73 Å². The Morgan fingerprint density at radius 2 is 2.28 bits per heavy atom. The number of rotatable bonds is 3. The van der Waals surface area contributed by atoms with Crippen molar-refractivity contribution in [1.82, 2.24) is 4.90 Å². The molecule has 2 aliphatic heterocycles. The molecule has 0 aromatic carbocycles. The van der Waals surface area contributed by atoms with Gasteiger partial charge in [0.15, 0.2) is 9.84 Å². The molecule has 18 heavy (non-hydrogen) atoms. The monoisotopic (exact) mass is 276 g/mol. The first kappa shape index (κ1) is 13.8. The van der Waals surface area contributed by atoms with Crippen LogP contribution in [0.15, 0.2) is 0 Å². The minimum absolute atomic E-state index is 0.0590. The Kier molecular flexibility index (Phi) is 3.66. The molecule has 6 nitrogen and oxygen atoms in total. The smallest absolute Gasteiger partial charge is 0.245 e. The number of carbonyl (C=O) groups is 1. The van der Waals surface area contributed by atoms with Crippen LogP contribution in [0.1, 0.15) is 19.8 Å². The molecule has 2 fully saturated rings. The van der Waals surface area contributed by atoms with Gasteiger partial charge in [-0.1, -0.05) is 0 Å². The molecule has 0 aliphatic carbocycles. The maximum absolute atomic E-state index is 12.4. The number of nitrogens with zero attached hydrogens (tertiary/aromatic N) is 1. The summed E-state index contributed by atoms with van der Waals surface area (Å²) >= 11 is 0. The van der Waals surface area contributed by atoms with Crippen LogP contribution in [0.4, 0.5) is 0 Å². The largest absolute Gasteiger partial charge is 0.379 e. The van der Waals surface area contributed by atoms with Gasteiger partial charge < -0.3 is 15.4 Å². The van der Waals surface area contributed by atoms with Crippen LogP contribution in [0.2, 0.25) is 0 Å². The van der Waals surface area contributed by atoms with Gasteiger partial charge in [0.25, 0.3) is 0 Å². The summed E-state index contributed by atoms with van der Waals surface area (Å²) in [5.41, 5.74) is 5.08. The molecular weight excluding hydrogens is 256 g/mol. The lowest BCUT2D eigenvalue weighted by Gasteiger charge is -2.33. The average molecular weight is 276 g/mol. The van der Waals surface area contributed by atoms with E-state index in [9.17, 15) is 13.2 Å². The lowest BCUT2D eigenvalue weighted by atomic mass is 9.97. The molecule has 2 aliphatic rings. The van der Waals surface area contributed by atoms with Gasteiger partial charge in [-0.3, -0.25) is 4.79 Å². The maximum atomic E-state index is 12.4. The Bertz CT molecular complexity index is 428. The molecule has 104 valence electrons. The summed E-state index contributed by atoms with van der Waals surface area (Å²) in [7, 11) is -2.99. The third kappa shape index (κ3) is 2.53. The number of sulfone groups is 1. The molecule has 7 heteroatoms. The Balaban J connectivity index is 2.12. The van der Waals surface area contributed by atoms with Crippen molar-refractivity contribution >= 4 is 15.7 Å². The molecule has 0 bridgehead atoms. The predicted octanol–water partition coefficient (Wildman–Crippen LogP) is -0.860. The summed E-state index contributed by atoms with van der Waals surface area (Å²) in [6.07, 6.45) is 1.01. The fraction of sp³-hybridized carbons (Fsp3) is 0.909. The minimum Gasteiger partial charge on any atom is -0.379 e.